The van der Waals surface area contributed by atoms with Crippen molar-refractivity contribution in [2.75, 3.05) is 39.3 Å². The minimum Gasteiger partial charge on any atom is -0.340 e. The fraction of sp³-hybridized carbons (Fsp3) is 0.481. The molecule has 3 aromatic rings. The number of hydrogen-bond acceptors (Lipinski definition) is 4. The van der Waals surface area contributed by atoms with E-state index in [1.807, 2.05) is 6.07 Å². The van der Waals surface area contributed by atoms with Gasteiger partial charge in [-0.2, -0.15) is 0 Å². The number of likely N-dealkylation sites (tertiary alicyclic amines) is 1. The lowest BCUT2D eigenvalue weighted by Crippen LogP contribution is -2.53. The van der Waals surface area contributed by atoms with Crippen molar-refractivity contribution in [1.82, 2.24) is 24.3 Å². The number of fused-ring (bicyclic) bond motifs is 1. The fourth-order valence-corrected chi connectivity index (χ4v) is 5.64. The first-order chi connectivity index (χ1) is 16.5. The Kier molecular flexibility index (Phi) is 7.04. The molecule has 0 saturated carbocycles. The second kappa shape index (κ2) is 10.2. The molecule has 2 fully saturated rings. The van der Waals surface area contributed by atoms with E-state index in [2.05, 4.69) is 91.5 Å². The number of nitrogens with zero attached hydrogens (tertiary/aromatic N) is 5. The molecule has 0 bridgehead atoms. The normalized spacial score (nSPS) is 20.4. The number of aromatic nitrogens is 2. The molecule has 34 heavy (non-hydrogen) atoms. The molecule has 0 aliphatic carbocycles. The number of carbonyl (C=O) groups excluding carboxylic acids is 1. The Hall–Kier alpha value is -2.22. The maximum atomic E-state index is 13.3. The van der Waals surface area contributed by atoms with Crippen LogP contribution in [-0.4, -0.2) is 75.5 Å². The highest BCUT2D eigenvalue weighted by Gasteiger charge is 2.32. The van der Waals surface area contributed by atoms with Crippen LogP contribution >= 0.6 is 15.9 Å². The predicted molar refractivity (Wildman–Crippen MR) is 140 cm³/mol. The molecule has 3 heterocycles. The highest BCUT2D eigenvalue weighted by atomic mass is 79.9. The number of imidazole rings is 1. The number of carbonyl (C=O) groups is 1. The van der Waals surface area contributed by atoms with E-state index in [4.69, 9.17) is 4.98 Å². The standard InChI is InChI=1S/C27H34BrN5O/c1-20(2)31-14-16-32(17-15-31)27(34)21-6-5-13-30(18-21)19-26-29-24-7-3-4-8-25(24)33(26)23-11-9-22(28)10-12-23/h3-4,7-12,20-21H,5-6,13-19H2,1-2H3/t21-/m1/s1. The van der Waals surface area contributed by atoms with Gasteiger partial charge in [-0.15, -0.1) is 0 Å². The molecule has 6 nitrogen and oxygen atoms in total. The lowest BCUT2D eigenvalue weighted by molar-refractivity contribution is -0.139. The monoisotopic (exact) mass is 523 g/mol. The average molecular weight is 525 g/mol. The lowest BCUT2D eigenvalue weighted by atomic mass is 9.96. The molecule has 1 aromatic heterocycles. The first kappa shape index (κ1) is 23.5. The first-order valence-corrected chi connectivity index (χ1v) is 13.3. The van der Waals surface area contributed by atoms with Gasteiger partial charge in [-0.3, -0.25) is 19.2 Å². The van der Waals surface area contributed by atoms with E-state index in [-0.39, 0.29) is 5.92 Å². The van der Waals surface area contributed by atoms with Crippen molar-refractivity contribution in [3.8, 4) is 5.69 Å². The molecule has 1 atom stereocenters. The maximum absolute atomic E-state index is 13.3. The molecular weight excluding hydrogens is 490 g/mol. The first-order valence-electron chi connectivity index (χ1n) is 12.5. The summed E-state index contributed by atoms with van der Waals surface area (Å²) >= 11 is 3.55. The van der Waals surface area contributed by atoms with Gasteiger partial charge in [0.05, 0.1) is 23.5 Å². The summed E-state index contributed by atoms with van der Waals surface area (Å²) in [5, 5.41) is 0. The van der Waals surface area contributed by atoms with Crippen molar-refractivity contribution in [3.05, 3.63) is 58.8 Å². The van der Waals surface area contributed by atoms with E-state index in [0.29, 0.717) is 11.9 Å². The van der Waals surface area contributed by atoms with E-state index in [0.717, 1.165) is 85.7 Å². The molecule has 0 unspecified atom stereocenters. The highest BCUT2D eigenvalue weighted by molar-refractivity contribution is 9.10. The van der Waals surface area contributed by atoms with E-state index < -0.39 is 0 Å². The van der Waals surface area contributed by atoms with E-state index in [1.54, 1.807) is 0 Å². The topological polar surface area (TPSA) is 44.6 Å². The molecule has 2 aliphatic heterocycles. The summed E-state index contributed by atoms with van der Waals surface area (Å²) in [6.45, 7) is 10.7. The van der Waals surface area contributed by atoms with E-state index in [9.17, 15) is 4.79 Å². The van der Waals surface area contributed by atoms with Crippen LogP contribution in [0.1, 0.15) is 32.5 Å². The van der Waals surface area contributed by atoms with Crippen LogP contribution in [0.3, 0.4) is 0 Å². The Labute approximate surface area is 210 Å². The smallest absolute Gasteiger partial charge is 0.227 e. The van der Waals surface area contributed by atoms with Crippen molar-refractivity contribution in [2.24, 2.45) is 5.92 Å². The Morgan fingerprint density at radius 3 is 2.50 bits per heavy atom. The zero-order chi connectivity index (χ0) is 23.7. The number of hydrogen-bond donors (Lipinski definition) is 0. The van der Waals surface area contributed by atoms with Gasteiger partial charge >= 0.3 is 0 Å². The van der Waals surface area contributed by atoms with Gasteiger partial charge in [-0.1, -0.05) is 28.1 Å². The molecule has 7 heteroatoms. The van der Waals surface area contributed by atoms with Gasteiger partial charge in [0.2, 0.25) is 5.91 Å². The van der Waals surface area contributed by atoms with Gasteiger partial charge in [0.1, 0.15) is 5.82 Å². The van der Waals surface area contributed by atoms with Gasteiger partial charge in [-0.05, 0) is 69.6 Å². The second-order valence-electron chi connectivity index (χ2n) is 9.86. The summed E-state index contributed by atoms with van der Waals surface area (Å²) < 4.78 is 3.33. The van der Waals surface area contributed by atoms with Gasteiger partial charge < -0.3 is 4.90 Å². The van der Waals surface area contributed by atoms with Crippen LogP contribution < -0.4 is 0 Å². The molecule has 2 saturated heterocycles. The second-order valence-corrected chi connectivity index (χ2v) is 10.8. The molecule has 0 N–H and O–H groups in total. The van der Waals surface area contributed by atoms with Crippen molar-refractivity contribution in [1.29, 1.82) is 0 Å². The Morgan fingerprint density at radius 1 is 1.03 bits per heavy atom. The molecule has 2 aromatic carbocycles. The number of piperazine rings is 1. The average Bonchev–Trinajstić information content (AvgIpc) is 3.22. The van der Waals surface area contributed by atoms with Gasteiger partial charge in [-0.25, -0.2) is 4.98 Å². The number of halogens is 1. The number of rotatable bonds is 5. The highest BCUT2D eigenvalue weighted by Crippen LogP contribution is 2.26. The molecule has 0 radical (unpaired) electrons. The van der Waals surface area contributed by atoms with Crippen LogP contribution in [0, 0.1) is 5.92 Å². The molecular formula is C27H34BrN5O. The summed E-state index contributed by atoms with van der Waals surface area (Å²) in [7, 11) is 0. The van der Waals surface area contributed by atoms with Crippen LogP contribution in [0.4, 0.5) is 0 Å². The van der Waals surface area contributed by atoms with E-state index in [1.165, 1.54) is 0 Å². The lowest BCUT2D eigenvalue weighted by Gasteiger charge is -2.40. The summed E-state index contributed by atoms with van der Waals surface area (Å²) in [6, 6.07) is 17.3. The van der Waals surface area contributed by atoms with Crippen LogP contribution in [0.5, 0.6) is 0 Å². The Bertz CT molecular complexity index is 1130. The van der Waals surface area contributed by atoms with Crippen molar-refractivity contribution in [2.45, 2.75) is 39.3 Å². The summed E-state index contributed by atoms with van der Waals surface area (Å²) in [5.74, 6) is 1.46. The zero-order valence-corrected chi connectivity index (χ0v) is 21.7. The SMILES string of the molecule is CC(C)N1CCN(C(=O)[C@@H]2CCCN(Cc3nc4ccccc4n3-c3ccc(Br)cc3)C2)CC1. The van der Waals surface area contributed by atoms with Gasteiger partial charge in [0.25, 0.3) is 0 Å². The summed E-state index contributed by atoms with van der Waals surface area (Å²) in [6.07, 6.45) is 2.05. The Morgan fingerprint density at radius 2 is 1.76 bits per heavy atom. The predicted octanol–water partition coefficient (Wildman–Crippen LogP) is 4.55. The molecule has 1 amide bonds. The molecule has 0 spiro atoms. The number of piperidine rings is 1. The summed E-state index contributed by atoms with van der Waals surface area (Å²) in [5.41, 5.74) is 3.24. The van der Waals surface area contributed by atoms with Crippen molar-refractivity contribution < 1.29 is 4.79 Å². The van der Waals surface area contributed by atoms with Crippen molar-refractivity contribution in [3.63, 3.8) is 0 Å². The maximum Gasteiger partial charge on any atom is 0.227 e. The fourth-order valence-electron chi connectivity index (χ4n) is 5.38. The minimum absolute atomic E-state index is 0.0878. The molecule has 2 aliphatic rings. The quantitative estimate of drug-likeness (QED) is 0.491. The van der Waals surface area contributed by atoms with Gasteiger partial charge in [0, 0.05) is 48.9 Å². The third-order valence-corrected chi connectivity index (χ3v) is 7.82. The third-order valence-electron chi connectivity index (χ3n) is 7.29. The molecule has 5 rings (SSSR count). The third kappa shape index (κ3) is 4.92. The number of amides is 1. The van der Waals surface area contributed by atoms with E-state index >= 15 is 0 Å². The van der Waals surface area contributed by atoms with Gasteiger partial charge in [0.15, 0.2) is 0 Å². The number of benzene rings is 2. The Balaban J connectivity index is 1.32. The summed E-state index contributed by atoms with van der Waals surface area (Å²) in [4.78, 5) is 25.3. The van der Waals surface area contributed by atoms with Crippen LogP contribution in [0.15, 0.2) is 53.0 Å². The van der Waals surface area contributed by atoms with Crippen LogP contribution in [0.25, 0.3) is 16.7 Å². The molecule has 180 valence electrons. The minimum atomic E-state index is 0.0878. The number of para-hydroxylation sites is 2. The van der Waals surface area contributed by atoms with Crippen LogP contribution in [0.2, 0.25) is 0 Å². The van der Waals surface area contributed by atoms with Crippen LogP contribution in [-0.2, 0) is 11.3 Å². The largest absolute Gasteiger partial charge is 0.340 e. The zero-order valence-electron chi connectivity index (χ0n) is 20.2. The van der Waals surface area contributed by atoms with Crippen molar-refractivity contribution >= 4 is 32.9 Å².